The minimum Gasteiger partial charge on any atom is -0.381 e. The summed E-state index contributed by atoms with van der Waals surface area (Å²) in [5.74, 6) is 0.647. The molecule has 2 aliphatic rings. The molecule has 0 bridgehead atoms. The molecule has 0 aromatic heterocycles. The van der Waals surface area contributed by atoms with Crippen molar-refractivity contribution in [3.8, 4) is 0 Å². The fraction of sp³-hybridized carbons (Fsp3) is 0.889. The zero-order valence-electron chi connectivity index (χ0n) is 7.34. The van der Waals surface area contributed by atoms with Crippen LogP contribution in [0.5, 0.6) is 0 Å². The van der Waals surface area contributed by atoms with Gasteiger partial charge in [0.25, 0.3) is 0 Å². The van der Waals surface area contributed by atoms with Crippen molar-refractivity contribution in [1.29, 1.82) is 0 Å². The van der Waals surface area contributed by atoms with Crippen molar-refractivity contribution in [3.63, 3.8) is 0 Å². The minimum atomic E-state index is -0.229. The number of ether oxygens (including phenoxy) is 2. The number of carbonyl (C=O) groups is 1. The lowest BCUT2D eigenvalue weighted by Crippen LogP contribution is -2.34. The summed E-state index contributed by atoms with van der Waals surface area (Å²) >= 11 is 0. The highest BCUT2D eigenvalue weighted by molar-refractivity contribution is 5.82. The molecule has 2 rings (SSSR count). The smallest absolute Gasteiger partial charge is 0.161 e. The van der Waals surface area contributed by atoms with Crippen molar-refractivity contribution in [3.05, 3.63) is 0 Å². The third kappa shape index (κ3) is 1.27. The van der Waals surface area contributed by atoms with Gasteiger partial charge in [-0.3, -0.25) is 4.79 Å². The maximum atomic E-state index is 11.0. The highest BCUT2D eigenvalue weighted by Gasteiger charge is 2.43. The molecule has 2 saturated heterocycles. The van der Waals surface area contributed by atoms with Crippen molar-refractivity contribution in [2.75, 3.05) is 19.8 Å². The molecule has 3 heteroatoms. The van der Waals surface area contributed by atoms with Gasteiger partial charge in [-0.25, -0.2) is 0 Å². The van der Waals surface area contributed by atoms with E-state index in [0.717, 1.165) is 19.6 Å². The Morgan fingerprint density at radius 1 is 1.58 bits per heavy atom. The van der Waals surface area contributed by atoms with Crippen LogP contribution in [0.1, 0.15) is 19.8 Å². The lowest BCUT2D eigenvalue weighted by molar-refractivity contribution is -0.117. The largest absolute Gasteiger partial charge is 0.381 e. The van der Waals surface area contributed by atoms with Crippen molar-refractivity contribution < 1.29 is 14.3 Å². The monoisotopic (exact) mass is 170 g/mol. The number of carbonyl (C=O) groups excluding carboxylic acids is 1. The average Bonchev–Trinajstić information content (AvgIpc) is 2.59. The Morgan fingerprint density at radius 2 is 2.42 bits per heavy atom. The quantitative estimate of drug-likeness (QED) is 0.583. The number of ketones is 1. The molecule has 0 aromatic rings. The van der Waals surface area contributed by atoms with Crippen LogP contribution in [0.15, 0.2) is 0 Å². The molecule has 0 aromatic carbocycles. The molecule has 0 spiro atoms. The van der Waals surface area contributed by atoms with Crippen LogP contribution in [-0.4, -0.2) is 31.2 Å². The molecular formula is C9H14O3. The van der Waals surface area contributed by atoms with Crippen molar-refractivity contribution in [2.45, 2.75) is 25.4 Å². The summed E-state index contributed by atoms with van der Waals surface area (Å²) in [5, 5.41) is 0. The van der Waals surface area contributed by atoms with Gasteiger partial charge in [-0.1, -0.05) is 0 Å². The van der Waals surface area contributed by atoms with Crippen molar-refractivity contribution >= 4 is 5.78 Å². The molecule has 0 N–H and O–H groups in total. The Kier molecular flexibility index (Phi) is 1.93. The standard InChI is InChI=1S/C9H14O3/c1-9(4-8(10)6-12-9)7-2-3-11-5-7/h7H,2-6H2,1H3. The summed E-state index contributed by atoms with van der Waals surface area (Å²) in [6.45, 7) is 3.89. The van der Waals surface area contributed by atoms with Gasteiger partial charge in [0.2, 0.25) is 0 Å². The summed E-state index contributed by atoms with van der Waals surface area (Å²) in [6.07, 6.45) is 1.60. The van der Waals surface area contributed by atoms with Gasteiger partial charge in [-0.2, -0.15) is 0 Å². The first-order chi connectivity index (χ1) is 5.71. The van der Waals surface area contributed by atoms with Crippen LogP contribution in [0.25, 0.3) is 0 Å². The van der Waals surface area contributed by atoms with Gasteiger partial charge in [0, 0.05) is 18.9 Å². The number of hydrogen-bond donors (Lipinski definition) is 0. The lowest BCUT2D eigenvalue weighted by atomic mass is 9.86. The molecule has 2 aliphatic heterocycles. The van der Waals surface area contributed by atoms with Gasteiger partial charge < -0.3 is 9.47 Å². The first-order valence-electron chi connectivity index (χ1n) is 4.44. The first kappa shape index (κ1) is 8.20. The van der Waals surface area contributed by atoms with Crippen LogP contribution in [0.3, 0.4) is 0 Å². The third-order valence-corrected chi connectivity index (χ3v) is 2.90. The van der Waals surface area contributed by atoms with Crippen molar-refractivity contribution in [2.24, 2.45) is 5.92 Å². The molecule has 2 unspecified atom stereocenters. The summed E-state index contributed by atoms with van der Waals surface area (Å²) < 4.78 is 10.8. The first-order valence-corrected chi connectivity index (χ1v) is 4.44. The Labute approximate surface area is 72.0 Å². The Balaban J connectivity index is 2.05. The van der Waals surface area contributed by atoms with Gasteiger partial charge in [-0.05, 0) is 13.3 Å². The Bertz CT molecular complexity index is 196. The maximum Gasteiger partial charge on any atom is 0.161 e. The van der Waals surface area contributed by atoms with Gasteiger partial charge in [0.1, 0.15) is 6.61 Å². The van der Waals surface area contributed by atoms with Crippen LogP contribution >= 0.6 is 0 Å². The lowest BCUT2D eigenvalue weighted by Gasteiger charge is -2.27. The second-order valence-electron chi connectivity index (χ2n) is 3.88. The highest BCUT2D eigenvalue weighted by Crippen LogP contribution is 2.35. The average molecular weight is 170 g/mol. The summed E-state index contributed by atoms with van der Waals surface area (Å²) in [7, 11) is 0. The summed E-state index contributed by atoms with van der Waals surface area (Å²) in [5.41, 5.74) is -0.229. The highest BCUT2D eigenvalue weighted by atomic mass is 16.5. The molecule has 0 saturated carbocycles. The van der Waals surface area contributed by atoms with Crippen LogP contribution in [0.4, 0.5) is 0 Å². The van der Waals surface area contributed by atoms with E-state index in [4.69, 9.17) is 9.47 Å². The Hall–Kier alpha value is -0.410. The van der Waals surface area contributed by atoms with Crippen molar-refractivity contribution in [1.82, 2.24) is 0 Å². The van der Waals surface area contributed by atoms with E-state index in [2.05, 4.69) is 0 Å². The molecule has 0 aliphatic carbocycles. The van der Waals surface area contributed by atoms with Crippen LogP contribution in [0, 0.1) is 5.92 Å². The van der Waals surface area contributed by atoms with Gasteiger partial charge in [0.05, 0.1) is 12.2 Å². The van der Waals surface area contributed by atoms with Crippen LogP contribution in [0.2, 0.25) is 0 Å². The zero-order chi connectivity index (χ0) is 8.60. The van der Waals surface area contributed by atoms with E-state index in [1.165, 1.54) is 0 Å². The van der Waals surface area contributed by atoms with E-state index in [9.17, 15) is 4.79 Å². The van der Waals surface area contributed by atoms with E-state index in [-0.39, 0.29) is 11.4 Å². The van der Waals surface area contributed by atoms with Gasteiger partial charge in [0.15, 0.2) is 5.78 Å². The fourth-order valence-corrected chi connectivity index (χ4v) is 2.02. The zero-order valence-corrected chi connectivity index (χ0v) is 7.34. The maximum absolute atomic E-state index is 11.0. The van der Waals surface area contributed by atoms with E-state index in [0.29, 0.717) is 18.9 Å². The minimum absolute atomic E-state index is 0.226. The van der Waals surface area contributed by atoms with Crippen LogP contribution in [-0.2, 0) is 14.3 Å². The van der Waals surface area contributed by atoms with E-state index in [1.54, 1.807) is 0 Å². The molecule has 68 valence electrons. The molecule has 12 heavy (non-hydrogen) atoms. The predicted molar refractivity (Wildman–Crippen MR) is 42.9 cm³/mol. The molecule has 2 atom stereocenters. The normalized spacial score (nSPS) is 42.4. The van der Waals surface area contributed by atoms with Crippen LogP contribution < -0.4 is 0 Å². The summed E-state index contributed by atoms with van der Waals surface area (Å²) in [4.78, 5) is 11.0. The predicted octanol–water partition coefficient (Wildman–Crippen LogP) is 0.771. The molecular weight excluding hydrogens is 156 g/mol. The summed E-state index contributed by atoms with van der Waals surface area (Å²) in [6, 6.07) is 0. The number of hydrogen-bond acceptors (Lipinski definition) is 3. The molecule has 2 fully saturated rings. The Morgan fingerprint density at radius 3 is 2.92 bits per heavy atom. The van der Waals surface area contributed by atoms with E-state index < -0.39 is 0 Å². The third-order valence-electron chi connectivity index (χ3n) is 2.90. The van der Waals surface area contributed by atoms with E-state index in [1.807, 2.05) is 6.92 Å². The number of Topliss-reactive ketones (excluding diaryl/α,β-unsaturated/α-hetero) is 1. The second-order valence-corrected chi connectivity index (χ2v) is 3.88. The number of rotatable bonds is 1. The SMILES string of the molecule is CC1(C2CCOC2)CC(=O)CO1. The van der Waals surface area contributed by atoms with Gasteiger partial charge >= 0.3 is 0 Å². The van der Waals surface area contributed by atoms with Gasteiger partial charge in [-0.15, -0.1) is 0 Å². The molecule has 0 radical (unpaired) electrons. The topological polar surface area (TPSA) is 35.5 Å². The molecule has 2 heterocycles. The molecule has 0 amide bonds. The molecule has 3 nitrogen and oxygen atoms in total. The fourth-order valence-electron chi connectivity index (χ4n) is 2.02. The van der Waals surface area contributed by atoms with E-state index >= 15 is 0 Å². The second kappa shape index (κ2) is 2.82.